The minimum Gasteiger partial charge on any atom is -0.274 e. The first-order chi connectivity index (χ1) is 14.1. The summed E-state index contributed by atoms with van der Waals surface area (Å²) < 4.78 is 2.89. The van der Waals surface area contributed by atoms with Crippen LogP contribution in [0.5, 0.6) is 0 Å². The van der Waals surface area contributed by atoms with Crippen LogP contribution in [0.3, 0.4) is 0 Å². The molecule has 9 heteroatoms. The smallest absolute Gasteiger partial charge is 0.269 e. The number of halogens is 1. The average molecular weight is 472 g/mol. The van der Waals surface area contributed by atoms with Crippen LogP contribution < -0.4 is 10.9 Å². The van der Waals surface area contributed by atoms with Crippen LogP contribution in [-0.2, 0) is 4.79 Å². The zero-order valence-electron chi connectivity index (χ0n) is 15.3. The molecule has 1 aromatic heterocycles. The van der Waals surface area contributed by atoms with Crippen LogP contribution in [0.25, 0.3) is 5.69 Å². The molecule has 2 aromatic carbocycles. The van der Waals surface area contributed by atoms with Crippen LogP contribution in [0.2, 0.25) is 0 Å². The first-order valence-electron chi connectivity index (χ1n) is 9.10. The van der Waals surface area contributed by atoms with Crippen molar-refractivity contribution in [2.45, 2.75) is 23.9 Å². The average Bonchev–Trinajstić information content (AvgIpc) is 3.50. The number of nitrogens with zero attached hydrogens (tertiary/aromatic N) is 3. The molecule has 1 fully saturated rings. The number of carbonyl (C=O) groups excluding carboxylic acids is 2. The van der Waals surface area contributed by atoms with Crippen molar-refractivity contribution in [3.63, 3.8) is 0 Å². The number of thioether (sulfide) groups is 1. The van der Waals surface area contributed by atoms with E-state index in [0.717, 1.165) is 28.8 Å². The molecule has 0 spiro atoms. The molecule has 1 aliphatic carbocycles. The summed E-state index contributed by atoms with van der Waals surface area (Å²) in [5.74, 6) is 0.769. The predicted octanol–water partition coefficient (Wildman–Crippen LogP) is 3.46. The van der Waals surface area contributed by atoms with E-state index in [0.29, 0.717) is 16.6 Å². The highest BCUT2D eigenvalue weighted by molar-refractivity contribution is 9.10. The third-order valence-corrected chi connectivity index (χ3v) is 5.83. The maximum atomic E-state index is 12.2. The highest BCUT2D eigenvalue weighted by Crippen LogP contribution is 2.41. The number of aromatic nitrogens is 3. The predicted molar refractivity (Wildman–Crippen MR) is 114 cm³/mol. The molecule has 1 aliphatic rings. The number of hydrogen-bond acceptors (Lipinski definition) is 5. The number of para-hydroxylation sites is 1. The maximum Gasteiger partial charge on any atom is 0.269 e. The zero-order chi connectivity index (χ0) is 20.2. The molecule has 29 heavy (non-hydrogen) atoms. The monoisotopic (exact) mass is 471 g/mol. The molecule has 1 heterocycles. The molecule has 0 aliphatic heterocycles. The Balaban J connectivity index is 1.37. The van der Waals surface area contributed by atoms with Gasteiger partial charge in [-0.2, -0.15) is 0 Å². The van der Waals surface area contributed by atoms with E-state index >= 15 is 0 Å². The molecule has 0 saturated heterocycles. The first kappa shape index (κ1) is 19.7. The standard InChI is InChI=1S/C20H18BrN5O2S/c21-15-10-8-14(9-11-15)19(28)24-22-17(27)12-29-20-25-23-18(13-6-7-13)26(20)16-4-2-1-3-5-16/h1-5,8-11,13H,6-7,12H2,(H,22,27)(H,24,28). The lowest BCUT2D eigenvalue weighted by molar-refractivity contribution is -0.119. The number of rotatable bonds is 6. The number of hydrazine groups is 1. The van der Waals surface area contributed by atoms with E-state index in [1.165, 1.54) is 11.8 Å². The van der Waals surface area contributed by atoms with Crippen molar-refractivity contribution < 1.29 is 9.59 Å². The lowest BCUT2D eigenvalue weighted by Crippen LogP contribution is -2.42. The van der Waals surface area contributed by atoms with Gasteiger partial charge < -0.3 is 0 Å². The Labute approximate surface area is 180 Å². The molecule has 2 amide bonds. The van der Waals surface area contributed by atoms with E-state index in [1.807, 2.05) is 34.9 Å². The highest BCUT2D eigenvalue weighted by atomic mass is 79.9. The fourth-order valence-electron chi connectivity index (χ4n) is 2.77. The SMILES string of the molecule is O=C(CSc1nnc(C2CC2)n1-c1ccccc1)NNC(=O)c1ccc(Br)cc1. The van der Waals surface area contributed by atoms with Gasteiger partial charge in [0.15, 0.2) is 5.16 Å². The van der Waals surface area contributed by atoms with Crippen molar-refractivity contribution in [1.29, 1.82) is 0 Å². The van der Waals surface area contributed by atoms with E-state index in [-0.39, 0.29) is 17.6 Å². The third kappa shape index (κ3) is 4.86. The third-order valence-electron chi connectivity index (χ3n) is 4.37. The van der Waals surface area contributed by atoms with Crippen LogP contribution >= 0.6 is 27.7 Å². The quantitative estimate of drug-likeness (QED) is 0.424. The number of amides is 2. The van der Waals surface area contributed by atoms with Crippen molar-refractivity contribution in [2.75, 3.05) is 5.75 Å². The zero-order valence-corrected chi connectivity index (χ0v) is 17.7. The van der Waals surface area contributed by atoms with Crippen LogP contribution in [0, 0.1) is 0 Å². The lowest BCUT2D eigenvalue weighted by Gasteiger charge is -2.10. The first-order valence-corrected chi connectivity index (χ1v) is 10.9. The van der Waals surface area contributed by atoms with Crippen molar-refractivity contribution in [1.82, 2.24) is 25.6 Å². The normalized spacial score (nSPS) is 13.1. The van der Waals surface area contributed by atoms with Crippen molar-refractivity contribution in [3.8, 4) is 5.69 Å². The number of benzene rings is 2. The summed E-state index contributed by atoms with van der Waals surface area (Å²) in [7, 11) is 0. The summed E-state index contributed by atoms with van der Waals surface area (Å²) in [6.07, 6.45) is 2.22. The second-order valence-electron chi connectivity index (χ2n) is 6.58. The Bertz CT molecular complexity index is 1020. The van der Waals surface area contributed by atoms with Crippen molar-refractivity contribution >= 4 is 39.5 Å². The van der Waals surface area contributed by atoms with Gasteiger partial charge in [0.05, 0.1) is 5.75 Å². The van der Waals surface area contributed by atoms with E-state index in [4.69, 9.17) is 0 Å². The molecule has 2 N–H and O–H groups in total. The molecule has 4 rings (SSSR count). The topological polar surface area (TPSA) is 88.9 Å². The van der Waals surface area contributed by atoms with Gasteiger partial charge in [-0.3, -0.25) is 25.0 Å². The van der Waals surface area contributed by atoms with Crippen LogP contribution in [0.4, 0.5) is 0 Å². The van der Waals surface area contributed by atoms with Gasteiger partial charge in [-0.05, 0) is 49.2 Å². The fourth-order valence-corrected chi connectivity index (χ4v) is 3.79. The largest absolute Gasteiger partial charge is 0.274 e. The molecular weight excluding hydrogens is 454 g/mol. The number of carbonyl (C=O) groups is 2. The van der Waals surface area contributed by atoms with E-state index in [9.17, 15) is 9.59 Å². The second-order valence-corrected chi connectivity index (χ2v) is 8.44. The summed E-state index contributed by atoms with van der Waals surface area (Å²) in [4.78, 5) is 24.3. The van der Waals surface area contributed by atoms with E-state index in [1.54, 1.807) is 24.3 Å². The number of hydrogen-bond donors (Lipinski definition) is 2. The maximum absolute atomic E-state index is 12.2. The molecule has 0 unspecified atom stereocenters. The van der Waals surface area contributed by atoms with Crippen LogP contribution in [0.1, 0.15) is 34.9 Å². The Kier molecular flexibility index (Phi) is 5.96. The molecule has 0 radical (unpaired) electrons. The lowest BCUT2D eigenvalue weighted by atomic mass is 10.2. The van der Waals surface area contributed by atoms with Gasteiger partial charge in [-0.1, -0.05) is 45.9 Å². The Morgan fingerprint density at radius 1 is 1.03 bits per heavy atom. The molecular formula is C20H18BrN5O2S. The van der Waals surface area contributed by atoms with Crippen LogP contribution in [0.15, 0.2) is 64.2 Å². The van der Waals surface area contributed by atoms with Gasteiger partial charge in [-0.15, -0.1) is 10.2 Å². The second kappa shape index (κ2) is 8.79. The summed E-state index contributed by atoms with van der Waals surface area (Å²) in [6, 6.07) is 16.7. The highest BCUT2D eigenvalue weighted by Gasteiger charge is 2.31. The Hall–Kier alpha value is -2.65. The molecule has 148 valence electrons. The molecule has 7 nitrogen and oxygen atoms in total. The summed E-state index contributed by atoms with van der Waals surface area (Å²) in [6.45, 7) is 0. The van der Waals surface area contributed by atoms with Gasteiger partial charge in [0.1, 0.15) is 5.82 Å². The number of nitrogens with one attached hydrogen (secondary N) is 2. The van der Waals surface area contributed by atoms with Gasteiger partial charge >= 0.3 is 0 Å². The van der Waals surface area contributed by atoms with E-state index < -0.39 is 0 Å². The summed E-state index contributed by atoms with van der Waals surface area (Å²) in [5, 5.41) is 9.28. The summed E-state index contributed by atoms with van der Waals surface area (Å²) in [5.41, 5.74) is 6.30. The van der Waals surface area contributed by atoms with Gasteiger partial charge in [0.25, 0.3) is 5.91 Å². The minimum absolute atomic E-state index is 0.107. The molecule has 3 aromatic rings. The minimum atomic E-state index is -0.376. The van der Waals surface area contributed by atoms with E-state index in [2.05, 4.69) is 37.0 Å². The fraction of sp³-hybridized carbons (Fsp3) is 0.200. The van der Waals surface area contributed by atoms with Crippen LogP contribution in [-0.4, -0.2) is 32.3 Å². The van der Waals surface area contributed by atoms with Crippen molar-refractivity contribution in [3.05, 3.63) is 70.5 Å². The molecule has 1 saturated carbocycles. The summed E-state index contributed by atoms with van der Waals surface area (Å²) >= 11 is 4.60. The van der Waals surface area contributed by atoms with Crippen molar-refractivity contribution in [2.24, 2.45) is 0 Å². The Morgan fingerprint density at radius 2 is 1.76 bits per heavy atom. The molecule has 0 bridgehead atoms. The van der Waals surface area contributed by atoms with Gasteiger partial charge in [0.2, 0.25) is 5.91 Å². The van der Waals surface area contributed by atoms with Gasteiger partial charge in [0, 0.05) is 21.6 Å². The Morgan fingerprint density at radius 3 is 2.45 bits per heavy atom. The molecule has 0 atom stereocenters. The van der Waals surface area contributed by atoms with Gasteiger partial charge in [-0.25, -0.2) is 0 Å².